The number of carbonyl (C=O) groups excluding carboxylic acids is 1. The van der Waals surface area contributed by atoms with Gasteiger partial charge in [-0.25, -0.2) is 0 Å². The fraction of sp³-hybridized carbons (Fsp3) is 0.167. The van der Waals surface area contributed by atoms with Gasteiger partial charge in [0.15, 0.2) is 16.9 Å². The number of ether oxygens (including phenoxy) is 1. The van der Waals surface area contributed by atoms with E-state index in [9.17, 15) is 14.7 Å². The molecular formula is C24H19NO6. The van der Waals surface area contributed by atoms with Gasteiger partial charge in [0, 0.05) is 0 Å². The molecule has 1 N–H and O–H groups in total. The first-order chi connectivity index (χ1) is 15.0. The minimum Gasteiger partial charge on any atom is -0.504 e. The largest absolute Gasteiger partial charge is 0.504 e. The van der Waals surface area contributed by atoms with Gasteiger partial charge in [-0.1, -0.05) is 17.7 Å². The third kappa shape index (κ3) is 2.97. The van der Waals surface area contributed by atoms with Crippen LogP contribution in [0.3, 0.4) is 0 Å². The van der Waals surface area contributed by atoms with Gasteiger partial charge in [-0.2, -0.15) is 0 Å². The van der Waals surface area contributed by atoms with Crippen LogP contribution in [0.15, 0.2) is 68.4 Å². The van der Waals surface area contributed by atoms with Crippen LogP contribution in [-0.2, 0) is 6.54 Å². The number of carbonyl (C=O) groups is 1. The van der Waals surface area contributed by atoms with Gasteiger partial charge >= 0.3 is 0 Å². The first-order valence-corrected chi connectivity index (χ1v) is 9.75. The van der Waals surface area contributed by atoms with Crippen molar-refractivity contribution in [2.45, 2.75) is 19.5 Å². The molecule has 2 aromatic heterocycles. The Kier molecular flexibility index (Phi) is 4.32. The zero-order valence-corrected chi connectivity index (χ0v) is 16.9. The van der Waals surface area contributed by atoms with E-state index in [4.69, 9.17) is 13.6 Å². The van der Waals surface area contributed by atoms with Crippen molar-refractivity contribution in [3.05, 3.63) is 93.2 Å². The maximum absolute atomic E-state index is 13.5. The zero-order chi connectivity index (χ0) is 21.7. The van der Waals surface area contributed by atoms with Crippen molar-refractivity contribution in [2.24, 2.45) is 0 Å². The maximum Gasteiger partial charge on any atom is 0.291 e. The fourth-order valence-corrected chi connectivity index (χ4v) is 4.08. The molecular weight excluding hydrogens is 398 g/mol. The molecule has 0 saturated carbocycles. The number of aryl methyl sites for hydroxylation is 1. The smallest absolute Gasteiger partial charge is 0.291 e. The van der Waals surface area contributed by atoms with E-state index in [1.54, 1.807) is 36.4 Å². The highest BCUT2D eigenvalue weighted by atomic mass is 16.5. The highest BCUT2D eigenvalue weighted by Crippen LogP contribution is 2.41. The number of phenols is 1. The number of fused-ring (bicyclic) bond motifs is 2. The van der Waals surface area contributed by atoms with Crippen molar-refractivity contribution in [1.82, 2.24) is 4.90 Å². The van der Waals surface area contributed by atoms with Gasteiger partial charge in [0.05, 0.1) is 36.9 Å². The summed E-state index contributed by atoms with van der Waals surface area (Å²) in [6.45, 7) is 2.04. The van der Waals surface area contributed by atoms with Gasteiger partial charge < -0.3 is 23.6 Å². The normalized spacial score (nSPS) is 15.5. The molecule has 2 aromatic carbocycles. The summed E-state index contributed by atoms with van der Waals surface area (Å²) in [5.41, 5.74) is 1.91. The standard InChI is InChI=1S/C24H19NO6/c1-13-5-8-18-16(10-13)22(27)20-21(14-6-7-17(26)19(11-14)29-2)25(24(28)23(20)31-18)12-15-4-3-9-30-15/h3-11,21,26H,12H2,1-2H3. The predicted octanol–water partition coefficient (Wildman–Crippen LogP) is 4.15. The summed E-state index contributed by atoms with van der Waals surface area (Å²) in [6, 6.07) is 12.8. The lowest BCUT2D eigenvalue weighted by Crippen LogP contribution is -2.29. The quantitative estimate of drug-likeness (QED) is 0.536. The first-order valence-electron chi connectivity index (χ1n) is 9.75. The predicted molar refractivity (Wildman–Crippen MR) is 112 cm³/mol. The molecule has 0 aliphatic carbocycles. The third-order valence-electron chi connectivity index (χ3n) is 5.55. The van der Waals surface area contributed by atoms with Crippen LogP contribution in [0.4, 0.5) is 0 Å². The van der Waals surface area contributed by atoms with Crippen molar-refractivity contribution in [3.63, 3.8) is 0 Å². The van der Waals surface area contributed by atoms with Gasteiger partial charge in [0.25, 0.3) is 5.91 Å². The van der Waals surface area contributed by atoms with Crippen LogP contribution >= 0.6 is 0 Å². The van der Waals surface area contributed by atoms with E-state index in [0.29, 0.717) is 22.3 Å². The third-order valence-corrected chi connectivity index (χ3v) is 5.55. The van der Waals surface area contributed by atoms with Crippen LogP contribution < -0.4 is 10.2 Å². The minimum absolute atomic E-state index is 0.0185. The number of aromatic hydroxyl groups is 1. The second-order valence-corrected chi connectivity index (χ2v) is 7.52. The summed E-state index contributed by atoms with van der Waals surface area (Å²) in [5, 5.41) is 10.4. The van der Waals surface area contributed by atoms with Gasteiger partial charge in [-0.3, -0.25) is 9.59 Å². The lowest BCUT2D eigenvalue weighted by Gasteiger charge is -2.24. The molecule has 3 heterocycles. The number of phenolic OH excluding ortho intramolecular Hbond substituents is 1. The number of hydrogen-bond donors (Lipinski definition) is 1. The zero-order valence-electron chi connectivity index (χ0n) is 16.9. The second kappa shape index (κ2) is 7.05. The van der Waals surface area contributed by atoms with E-state index < -0.39 is 11.9 Å². The Labute approximate surface area is 177 Å². The average molecular weight is 417 g/mol. The van der Waals surface area contributed by atoms with Crippen molar-refractivity contribution in [2.75, 3.05) is 7.11 Å². The Bertz CT molecular complexity index is 1370. The highest BCUT2D eigenvalue weighted by molar-refractivity contribution is 5.99. The van der Waals surface area contributed by atoms with E-state index in [0.717, 1.165) is 5.56 Å². The molecule has 0 spiro atoms. The van der Waals surface area contributed by atoms with Crippen molar-refractivity contribution >= 4 is 16.9 Å². The Balaban J connectivity index is 1.76. The number of nitrogens with zero attached hydrogens (tertiary/aromatic N) is 1. The van der Waals surface area contributed by atoms with E-state index in [2.05, 4.69) is 0 Å². The van der Waals surface area contributed by atoms with Crippen LogP contribution in [0, 0.1) is 6.92 Å². The molecule has 7 heteroatoms. The monoisotopic (exact) mass is 417 g/mol. The molecule has 5 rings (SSSR count). The number of benzene rings is 2. The molecule has 0 bridgehead atoms. The molecule has 156 valence electrons. The van der Waals surface area contributed by atoms with Crippen LogP contribution in [0.1, 0.15) is 39.0 Å². The van der Waals surface area contributed by atoms with Crippen LogP contribution in [0.2, 0.25) is 0 Å². The lowest BCUT2D eigenvalue weighted by molar-refractivity contribution is 0.0701. The highest BCUT2D eigenvalue weighted by Gasteiger charge is 2.43. The molecule has 7 nitrogen and oxygen atoms in total. The van der Waals surface area contributed by atoms with Crippen LogP contribution in [0.25, 0.3) is 11.0 Å². The molecule has 4 aromatic rings. The summed E-state index contributed by atoms with van der Waals surface area (Å²) < 4.78 is 16.6. The number of methoxy groups -OCH3 is 1. The molecule has 0 radical (unpaired) electrons. The summed E-state index contributed by atoms with van der Waals surface area (Å²) >= 11 is 0. The topological polar surface area (TPSA) is 93.1 Å². The summed E-state index contributed by atoms with van der Waals surface area (Å²) in [6.07, 6.45) is 1.53. The van der Waals surface area contributed by atoms with Crippen LogP contribution in [-0.4, -0.2) is 23.0 Å². The van der Waals surface area contributed by atoms with Gasteiger partial charge in [-0.05, 0) is 48.9 Å². The lowest BCUT2D eigenvalue weighted by atomic mass is 9.97. The van der Waals surface area contributed by atoms with E-state index in [-0.39, 0.29) is 34.8 Å². The van der Waals surface area contributed by atoms with Crippen molar-refractivity contribution in [1.29, 1.82) is 0 Å². The Morgan fingerprint density at radius 2 is 1.97 bits per heavy atom. The first kappa shape index (κ1) is 19.0. The SMILES string of the molecule is COc1cc(C2c3c(oc4ccc(C)cc4c3=O)C(=O)N2Cc2ccco2)ccc1O. The molecule has 1 atom stereocenters. The Hall–Kier alpha value is -4.00. The number of hydrogen-bond acceptors (Lipinski definition) is 6. The van der Waals surface area contributed by atoms with E-state index in [1.165, 1.54) is 24.3 Å². The Morgan fingerprint density at radius 1 is 1.13 bits per heavy atom. The summed E-state index contributed by atoms with van der Waals surface area (Å²) in [7, 11) is 1.44. The molecule has 1 aliphatic rings. The van der Waals surface area contributed by atoms with Crippen molar-refractivity contribution in [3.8, 4) is 11.5 Å². The maximum atomic E-state index is 13.5. The number of amides is 1. The molecule has 1 unspecified atom stereocenters. The molecule has 1 aliphatic heterocycles. The molecule has 0 saturated heterocycles. The second-order valence-electron chi connectivity index (χ2n) is 7.52. The number of rotatable bonds is 4. The average Bonchev–Trinajstić information content (AvgIpc) is 3.37. The fourth-order valence-electron chi connectivity index (χ4n) is 4.08. The molecule has 0 fully saturated rings. The van der Waals surface area contributed by atoms with Crippen molar-refractivity contribution < 1.29 is 23.5 Å². The number of furan rings is 1. The molecule has 31 heavy (non-hydrogen) atoms. The van der Waals surface area contributed by atoms with Crippen LogP contribution in [0.5, 0.6) is 11.5 Å². The van der Waals surface area contributed by atoms with E-state index >= 15 is 0 Å². The van der Waals surface area contributed by atoms with Gasteiger partial charge in [-0.15, -0.1) is 0 Å². The van der Waals surface area contributed by atoms with Gasteiger partial charge in [0.2, 0.25) is 5.76 Å². The Morgan fingerprint density at radius 3 is 2.71 bits per heavy atom. The molecule has 1 amide bonds. The minimum atomic E-state index is -0.719. The summed E-state index contributed by atoms with van der Waals surface area (Å²) in [5.74, 6) is 0.407. The summed E-state index contributed by atoms with van der Waals surface area (Å²) in [4.78, 5) is 28.4. The van der Waals surface area contributed by atoms with E-state index in [1.807, 2.05) is 13.0 Å². The van der Waals surface area contributed by atoms with Gasteiger partial charge in [0.1, 0.15) is 11.3 Å².